The van der Waals surface area contributed by atoms with Crippen LogP contribution in [0.1, 0.15) is 29.8 Å². The van der Waals surface area contributed by atoms with E-state index in [1.807, 2.05) is 18.2 Å². The van der Waals surface area contributed by atoms with Crippen molar-refractivity contribution < 1.29 is 23.4 Å². The highest BCUT2D eigenvalue weighted by Crippen LogP contribution is 2.33. The molecule has 1 aromatic heterocycles. The van der Waals surface area contributed by atoms with Crippen LogP contribution in [0.15, 0.2) is 28.7 Å². The number of fused-ring (bicyclic) bond motifs is 1. The number of piperidine rings is 1. The Labute approximate surface area is 140 Å². The molecule has 4 rings (SSSR count). The molecule has 1 aromatic carbocycles. The first-order chi connectivity index (χ1) is 11.7. The summed E-state index contributed by atoms with van der Waals surface area (Å²) in [6.07, 6.45) is 2.33. The lowest BCUT2D eigenvalue weighted by Gasteiger charge is -2.43. The highest BCUT2D eigenvalue weighted by Gasteiger charge is 2.40. The van der Waals surface area contributed by atoms with Gasteiger partial charge in [-0.15, -0.1) is 0 Å². The molecule has 0 N–H and O–H groups in total. The molecule has 0 unspecified atom stereocenters. The number of para-hydroxylation sites is 1. The molecule has 2 aliphatic heterocycles. The van der Waals surface area contributed by atoms with E-state index in [1.54, 1.807) is 18.1 Å². The first-order valence-electron chi connectivity index (χ1n) is 8.34. The van der Waals surface area contributed by atoms with Crippen LogP contribution in [0.25, 0.3) is 11.0 Å². The van der Waals surface area contributed by atoms with Gasteiger partial charge in [0.05, 0.1) is 20.3 Å². The zero-order chi connectivity index (χ0) is 16.6. The van der Waals surface area contributed by atoms with E-state index >= 15 is 0 Å². The molecule has 2 saturated heterocycles. The average molecular weight is 331 g/mol. The second kappa shape index (κ2) is 6.11. The lowest BCUT2D eigenvalue weighted by Crippen LogP contribution is -2.51. The lowest BCUT2D eigenvalue weighted by atomic mass is 10.0. The Bertz CT molecular complexity index is 737. The predicted molar refractivity (Wildman–Crippen MR) is 87.2 cm³/mol. The third kappa shape index (κ3) is 2.65. The Hall–Kier alpha value is -2.05. The third-order valence-corrected chi connectivity index (χ3v) is 4.77. The zero-order valence-electron chi connectivity index (χ0n) is 13.7. The van der Waals surface area contributed by atoms with Crippen LogP contribution in [-0.2, 0) is 9.47 Å². The fourth-order valence-electron chi connectivity index (χ4n) is 3.41. The van der Waals surface area contributed by atoms with Crippen LogP contribution in [0.4, 0.5) is 0 Å². The second-order valence-electron chi connectivity index (χ2n) is 6.24. The minimum atomic E-state index is -0.494. The molecule has 2 aliphatic rings. The van der Waals surface area contributed by atoms with E-state index in [4.69, 9.17) is 18.6 Å². The highest BCUT2D eigenvalue weighted by atomic mass is 16.7. The van der Waals surface area contributed by atoms with Crippen molar-refractivity contribution in [3.8, 4) is 5.75 Å². The van der Waals surface area contributed by atoms with Gasteiger partial charge in [-0.3, -0.25) is 4.79 Å². The first kappa shape index (κ1) is 15.5. The lowest BCUT2D eigenvalue weighted by molar-refractivity contribution is -0.281. The largest absolute Gasteiger partial charge is 0.493 e. The average Bonchev–Trinajstić information content (AvgIpc) is 3.07. The molecule has 2 fully saturated rings. The van der Waals surface area contributed by atoms with Crippen molar-refractivity contribution in [3.05, 3.63) is 30.0 Å². The Kier molecular flexibility index (Phi) is 3.94. The molecule has 0 saturated carbocycles. The maximum absolute atomic E-state index is 12.7. The quantitative estimate of drug-likeness (QED) is 0.847. The highest BCUT2D eigenvalue weighted by molar-refractivity contribution is 5.97. The van der Waals surface area contributed by atoms with Gasteiger partial charge in [-0.25, -0.2) is 0 Å². The zero-order valence-corrected chi connectivity index (χ0v) is 13.7. The molecule has 0 bridgehead atoms. The summed E-state index contributed by atoms with van der Waals surface area (Å²) in [5.74, 6) is 0.384. The van der Waals surface area contributed by atoms with Crippen molar-refractivity contribution in [3.63, 3.8) is 0 Å². The first-order valence-corrected chi connectivity index (χ1v) is 8.34. The monoisotopic (exact) mass is 331 g/mol. The summed E-state index contributed by atoms with van der Waals surface area (Å²) in [4.78, 5) is 14.6. The van der Waals surface area contributed by atoms with Gasteiger partial charge < -0.3 is 23.5 Å². The number of benzene rings is 1. The minimum absolute atomic E-state index is 0.0982. The van der Waals surface area contributed by atoms with Gasteiger partial charge in [-0.2, -0.15) is 0 Å². The molecule has 1 amide bonds. The number of nitrogens with zero attached hydrogens (tertiary/aromatic N) is 1. The number of amides is 1. The van der Waals surface area contributed by atoms with Crippen molar-refractivity contribution in [1.82, 2.24) is 4.90 Å². The number of ether oxygens (including phenoxy) is 3. The van der Waals surface area contributed by atoms with Crippen molar-refractivity contribution in [2.75, 3.05) is 33.4 Å². The van der Waals surface area contributed by atoms with Crippen molar-refractivity contribution in [2.45, 2.75) is 25.0 Å². The molecule has 24 heavy (non-hydrogen) atoms. The van der Waals surface area contributed by atoms with E-state index in [9.17, 15) is 4.79 Å². The van der Waals surface area contributed by atoms with Crippen LogP contribution in [-0.4, -0.2) is 50.0 Å². The van der Waals surface area contributed by atoms with Gasteiger partial charge in [0.2, 0.25) is 0 Å². The summed E-state index contributed by atoms with van der Waals surface area (Å²) in [6.45, 7) is 2.68. The number of likely N-dealkylation sites (tertiary alicyclic amines) is 1. The summed E-state index contributed by atoms with van der Waals surface area (Å²) in [5, 5.41) is 0.866. The van der Waals surface area contributed by atoms with Crippen LogP contribution in [0.2, 0.25) is 0 Å². The molecule has 0 aliphatic carbocycles. The molecule has 0 radical (unpaired) electrons. The third-order valence-electron chi connectivity index (χ3n) is 4.77. The Morgan fingerprint density at radius 3 is 2.67 bits per heavy atom. The van der Waals surface area contributed by atoms with E-state index < -0.39 is 5.79 Å². The summed E-state index contributed by atoms with van der Waals surface area (Å²) < 4.78 is 22.7. The molecule has 3 heterocycles. The number of methoxy groups -OCH3 is 1. The van der Waals surface area contributed by atoms with Gasteiger partial charge in [0, 0.05) is 31.3 Å². The van der Waals surface area contributed by atoms with Gasteiger partial charge in [-0.05, 0) is 18.6 Å². The number of carbonyl (C=O) groups is 1. The van der Waals surface area contributed by atoms with Gasteiger partial charge in [0.15, 0.2) is 22.9 Å². The van der Waals surface area contributed by atoms with Crippen molar-refractivity contribution in [2.24, 2.45) is 0 Å². The SMILES string of the molecule is COc1cccc2cc(C(=O)N3CCC4(CC3)OCCCO4)oc12. The number of rotatable bonds is 2. The number of furan rings is 1. The maximum atomic E-state index is 12.7. The Morgan fingerprint density at radius 1 is 1.21 bits per heavy atom. The predicted octanol–water partition coefficient (Wildman–Crippen LogP) is 2.81. The van der Waals surface area contributed by atoms with Crippen molar-refractivity contribution in [1.29, 1.82) is 0 Å². The fourth-order valence-corrected chi connectivity index (χ4v) is 3.41. The summed E-state index contributed by atoms with van der Waals surface area (Å²) in [7, 11) is 1.59. The molecular formula is C18H21NO5. The van der Waals surface area contributed by atoms with E-state index in [1.165, 1.54) is 0 Å². The molecule has 0 atom stereocenters. The summed E-state index contributed by atoms with van der Waals surface area (Å²) >= 11 is 0. The fraction of sp³-hybridized carbons (Fsp3) is 0.500. The molecule has 1 spiro atoms. The van der Waals surface area contributed by atoms with Crippen molar-refractivity contribution >= 4 is 16.9 Å². The Morgan fingerprint density at radius 2 is 1.96 bits per heavy atom. The van der Waals surface area contributed by atoms with Gasteiger partial charge in [0.25, 0.3) is 5.91 Å². The van der Waals surface area contributed by atoms with Gasteiger partial charge in [-0.1, -0.05) is 12.1 Å². The Balaban J connectivity index is 1.50. The maximum Gasteiger partial charge on any atom is 0.289 e. The van der Waals surface area contributed by atoms with Crippen LogP contribution in [0.3, 0.4) is 0 Å². The smallest absolute Gasteiger partial charge is 0.289 e. The molecule has 128 valence electrons. The van der Waals surface area contributed by atoms with E-state index in [0.29, 0.717) is 43.0 Å². The number of hydrogen-bond donors (Lipinski definition) is 0. The summed E-state index contributed by atoms with van der Waals surface area (Å²) in [6, 6.07) is 7.39. The van der Waals surface area contributed by atoms with E-state index in [2.05, 4.69) is 0 Å². The van der Waals surface area contributed by atoms with Gasteiger partial charge >= 0.3 is 0 Å². The molecule has 6 nitrogen and oxygen atoms in total. The number of hydrogen-bond acceptors (Lipinski definition) is 5. The second-order valence-corrected chi connectivity index (χ2v) is 6.24. The van der Waals surface area contributed by atoms with Crippen LogP contribution in [0.5, 0.6) is 5.75 Å². The van der Waals surface area contributed by atoms with Crippen LogP contribution < -0.4 is 4.74 Å². The molecular weight excluding hydrogens is 310 g/mol. The standard InChI is InChI=1S/C18H21NO5/c1-21-14-5-2-4-13-12-15(24-16(13)14)17(20)19-8-6-18(7-9-19)22-10-3-11-23-18/h2,4-5,12H,3,6-11H2,1H3. The normalized spacial score (nSPS) is 20.5. The van der Waals surface area contributed by atoms with Crippen LogP contribution >= 0.6 is 0 Å². The molecule has 6 heteroatoms. The van der Waals surface area contributed by atoms with Crippen LogP contribution in [0, 0.1) is 0 Å². The number of carbonyl (C=O) groups excluding carboxylic acids is 1. The van der Waals surface area contributed by atoms with E-state index in [0.717, 1.165) is 25.0 Å². The van der Waals surface area contributed by atoms with Gasteiger partial charge in [0.1, 0.15) is 0 Å². The van der Waals surface area contributed by atoms with E-state index in [-0.39, 0.29) is 5.91 Å². The minimum Gasteiger partial charge on any atom is -0.493 e. The summed E-state index contributed by atoms with van der Waals surface area (Å²) in [5.41, 5.74) is 0.607. The molecule has 2 aromatic rings. The topological polar surface area (TPSA) is 61.1 Å².